The Labute approximate surface area is 1480 Å². The summed E-state index contributed by atoms with van der Waals surface area (Å²) in [5, 5.41) is 0. The molecule has 31 atom stereocenters. The zero-order valence-electron chi connectivity index (χ0n) is 73.1. The molecule has 4 saturated heterocycles. The van der Waals surface area contributed by atoms with E-state index in [4.69, 9.17) is 47.4 Å². The van der Waals surface area contributed by atoms with Crippen LogP contribution in [0.25, 0.3) is 0 Å². The Kier molecular flexibility index (Phi) is 153. The minimum absolute atomic E-state index is 0. The molecule has 138 heavy (non-hydrogen) atoms. The fraction of sp³-hybridized carbons (Fsp3) is 1.00. The van der Waals surface area contributed by atoms with Crippen molar-refractivity contribution < 1.29 is 1150 Å². The van der Waals surface area contributed by atoms with E-state index in [9.17, 15) is 178 Å². The van der Waals surface area contributed by atoms with Gasteiger partial charge >= 0.3 is 822 Å². The molecule has 0 radical (unpaired) electrons. The normalized spacial score (nSPS) is 27.0. The van der Waals surface area contributed by atoms with Crippen LogP contribution >= 0.6 is 0 Å². The summed E-state index contributed by atoms with van der Waals surface area (Å²) < 4.78 is 617. The summed E-state index contributed by atoms with van der Waals surface area (Å²) in [6, 6.07) is 0. The van der Waals surface area contributed by atoms with Crippen LogP contribution in [0.15, 0.2) is 0 Å². The Morgan fingerprint density at radius 1 is 0.261 bits per heavy atom. The number of hydrogen-bond donors (Lipinski definition) is 0. The van der Waals surface area contributed by atoms with E-state index in [0.29, 0.717) is 14.2 Å². The van der Waals surface area contributed by atoms with Crippen LogP contribution in [0.1, 0.15) is 0 Å². The fourth-order valence-corrected chi connectivity index (χ4v) is 16.4. The minimum Gasteiger partial charge on any atom is -0.870 e. The van der Waals surface area contributed by atoms with Gasteiger partial charge in [-0.1, -0.05) is 0 Å². The van der Waals surface area contributed by atoms with Crippen LogP contribution in [0.5, 0.6) is 0 Å². The molecule has 4 heterocycles. The number of rotatable bonds is 51. The van der Waals surface area contributed by atoms with Gasteiger partial charge in [0.1, 0.15) is 97.7 Å². The molecule has 0 amide bonds. The molecular formula is C32H49K16O74S16-7. The average Bonchev–Trinajstić information content (AvgIpc) is 0.765. The molecule has 0 spiro atoms. The zero-order chi connectivity index (χ0) is 88.0. The van der Waals surface area contributed by atoms with Gasteiger partial charge in [0.05, 0.1) is 119 Å². The molecule has 4 aliphatic rings. The van der Waals surface area contributed by atoms with Gasteiger partial charge in [-0.3, -0.25) is 66.9 Å². The van der Waals surface area contributed by atoms with Gasteiger partial charge in [-0.15, -0.1) is 0 Å². The van der Waals surface area contributed by atoms with Gasteiger partial charge in [0.2, 0.25) is 93.6 Å². The topological polar surface area (TPSA) is 1250 Å². The maximum atomic E-state index is 12.5. The molecule has 4 fully saturated rings. The molecule has 0 saturated carbocycles. The van der Waals surface area contributed by atoms with Gasteiger partial charge in [0.25, 0.3) is 0 Å². The molecule has 7 unspecified atom stereocenters. The van der Waals surface area contributed by atoms with Crippen LogP contribution in [0.3, 0.4) is 0 Å². The van der Waals surface area contributed by atoms with Crippen molar-refractivity contribution in [1.82, 2.24) is 0 Å². The van der Waals surface area contributed by atoms with Crippen molar-refractivity contribution in [1.29, 1.82) is 0 Å². The third-order valence-electron chi connectivity index (χ3n) is 13.4. The first kappa shape index (κ1) is 209. The Bertz CT molecular complexity index is 4540. The molecule has 0 aromatic heterocycles. The second-order valence-electron chi connectivity index (χ2n) is 20.6. The molecule has 106 heteroatoms. The van der Waals surface area contributed by atoms with Crippen molar-refractivity contribution in [2.45, 2.75) is 147 Å². The number of ether oxygens (including phenoxy) is 10. The summed E-state index contributed by atoms with van der Waals surface area (Å²) in [5.41, 5.74) is 0. The summed E-state index contributed by atoms with van der Waals surface area (Å²) in [7, 11) is -57.8. The standard InChI is InChI=1S/C32H58O67S16.16K.7H2O/c1-74-15(13(88-102(37)38)3-76-30-27(98-114(68,69)70)21(89-103(39)40)17(11(83-30)7-80-107(47,48)49)86-31-25(91-105(43)44)22(90-104(41)42)19(94-110(56,57)58)12(85-31)8-81-108(50,51)52)16(75-2)14(93-109(53,54)55)4-77-29-26(92-106(45)46)23(96-112(62,63)64)18(9(82-29)5-78-100(33)34)87-32-28(99-115(71,72)73)24(97-113(65,66)67)20(95-111(59,60)61)10(84-32)6-79-101(35)36;;;;;;;;;;;;;;;;;;;;;;;/h9-32H,3-8H2,1-2H3,(H,33,34)(H,35,36)(H,37,38)(H,39,40)(H,41,42)(H,43,44)(H,45,46)(H,47,48,49)(H,50,51,52)(H,53,54,55)(H,56,57,58)(H,59,60,61)(H,62,63,64)(H,65,66,67)(H,68,69,70)(H,71,72,73);;;;;;;;;;;;;;;;;7*1H2/q;16*+1;;;;;;;/p-23/t9-,10-,11-,12-,13-,14-,15-,16-,17-,18-,19+,20+,21+,22+,23+,24+,25-,26-,27-,28-,29-,30-,31+,32+;;;;;;;;;;;;;;;;;;;;;;;/m1......................./s1. The van der Waals surface area contributed by atoms with Crippen molar-refractivity contribution >= 4 is 173 Å². The van der Waals surface area contributed by atoms with Gasteiger partial charge in [-0.05, 0) is 0 Å². The van der Waals surface area contributed by atoms with Crippen molar-refractivity contribution in [3.8, 4) is 0 Å². The van der Waals surface area contributed by atoms with Gasteiger partial charge < -0.3 is 159 Å². The Morgan fingerprint density at radius 2 is 0.486 bits per heavy atom. The first-order valence-corrected chi connectivity index (χ1v) is 46.4. The Morgan fingerprint density at radius 3 is 0.783 bits per heavy atom. The maximum Gasteiger partial charge on any atom is 1.00 e. The summed E-state index contributed by atoms with van der Waals surface area (Å²) in [6.45, 7) is -12.2. The number of hydrogen-bond acceptors (Lipinski definition) is 74. The molecule has 740 valence electrons. The largest absolute Gasteiger partial charge is 1.00 e. The molecule has 0 aromatic carbocycles. The Hall–Kier alpha value is 24.8. The molecular weight excluding hydrogens is 2710 g/mol. The van der Waals surface area contributed by atoms with Gasteiger partial charge in [-0.2, -0.15) is 0 Å². The molecule has 74 nitrogen and oxygen atoms in total. The predicted octanol–water partition coefficient (Wildman–Crippen LogP) is -66.1. The molecule has 4 aliphatic heterocycles. The summed E-state index contributed by atoms with van der Waals surface area (Å²) in [5.74, 6) is 0. The van der Waals surface area contributed by atoms with Crippen LogP contribution in [0.4, 0.5) is 0 Å². The molecule has 7 N–H and O–H groups in total. The van der Waals surface area contributed by atoms with E-state index in [1.54, 1.807) is 0 Å². The van der Waals surface area contributed by atoms with E-state index in [-0.39, 0.29) is 860 Å². The van der Waals surface area contributed by atoms with Crippen LogP contribution in [-0.2, 0) is 287 Å². The third-order valence-corrected chi connectivity index (χ3v) is 20.0. The number of methoxy groups -OCH3 is 2. The fourth-order valence-electron chi connectivity index (χ4n) is 9.96. The van der Waals surface area contributed by atoms with E-state index >= 15 is 0 Å². The summed E-state index contributed by atoms with van der Waals surface area (Å²) >= 11 is -29.3. The average molecular weight is 2760 g/mol. The first-order valence-electron chi connectivity index (χ1n) is 27.4. The SMILES string of the molecule is CO[C@@H]([C@H](OC)[C@@H](CO[C@@H]1O[C@H](COS(=O)[O-])[C@@H](O[C@@H]2O[C@H](COS(=O)[O-])[C@H](OS(=O)(=O)[O-])[C@H](OS(=O)(=O)[O-])[C@H]2OS(=O)(=O)[O-])[C@H](OS(=O)(=O)[O-])[C@H]1OS(=O)[O-])OS(=O)(=O)[O-])[C@@H](CO[C@@H]1O[C@H](COS(=O)(=O)[O-])[C@@H](O[C@@H]2O[C@H](COS(=O)(=O)[O-])[C@H](OS(=O)(=O)[O-])[C@H](OS(=O)[O-])[C@H]2OS(=O)[O-])[C@H](OS(=O)[O-])[C@H]1OS(=O)(=O)[O-])OS(=O)[O-].[K+].[K+].[K+].[K+].[K+].[K+].[K+].[K+].[K+].[K+].[K+].[K+].[K+].[K+].[K+].[K+].[OH-].[OH-].[OH-].[OH-].[OH-].[OH-].[OH-]. The van der Waals surface area contributed by atoms with Crippen LogP contribution in [0.2, 0.25) is 0 Å². The van der Waals surface area contributed by atoms with E-state index < -0.39 is 360 Å². The van der Waals surface area contributed by atoms with Gasteiger partial charge in [0.15, 0.2) is 49.6 Å². The second kappa shape index (κ2) is 101. The molecule has 0 aromatic rings. The quantitative estimate of drug-likeness (QED) is 0.0236. The Balaban J connectivity index is -0.000000336. The van der Waals surface area contributed by atoms with E-state index in [2.05, 4.69) is 66.9 Å². The van der Waals surface area contributed by atoms with Crippen molar-refractivity contribution in [2.75, 3.05) is 53.9 Å². The van der Waals surface area contributed by atoms with E-state index in [1.807, 2.05) is 0 Å². The van der Waals surface area contributed by atoms with Gasteiger partial charge in [0, 0.05) is 14.2 Å². The van der Waals surface area contributed by atoms with Crippen LogP contribution in [0, 0.1) is 0 Å². The van der Waals surface area contributed by atoms with Crippen LogP contribution in [-0.4, -0.2) is 418 Å². The molecule has 0 bridgehead atoms. The zero-order valence-corrected chi connectivity index (χ0v) is 136. The molecule has 0 aliphatic carbocycles. The summed E-state index contributed by atoms with van der Waals surface area (Å²) in [4.78, 5) is 0. The predicted molar refractivity (Wildman–Crippen MR) is 323 cm³/mol. The van der Waals surface area contributed by atoms with Crippen LogP contribution < -0.4 is 822 Å². The monoisotopic (exact) mass is 2750 g/mol. The minimum atomic E-state index is -6.73. The van der Waals surface area contributed by atoms with E-state index in [0.717, 1.165) is 0 Å². The van der Waals surface area contributed by atoms with Crippen molar-refractivity contribution in [3.63, 3.8) is 0 Å². The maximum absolute atomic E-state index is 12.5. The van der Waals surface area contributed by atoms with Crippen molar-refractivity contribution in [3.05, 3.63) is 0 Å². The first-order chi connectivity index (χ1) is 52.3. The second-order valence-corrected chi connectivity index (χ2v) is 34.0. The smallest absolute Gasteiger partial charge is 0.870 e. The van der Waals surface area contributed by atoms with Gasteiger partial charge in [-0.25, -0.2) is 105 Å². The van der Waals surface area contributed by atoms with E-state index in [1.165, 1.54) is 0 Å². The molecule has 4 rings (SSSR count). The van der Waals surface area contributed by atoms with Crippen molar-refractivity contribution in [2.24, 2.45) is 0 Å². The third kappa shape index (κ3) is 88.2. The summed E-state index contributed by atoms with van der Waals surface area (Å²) in [6.07, 6.45) is -77.9.